The number of benzene rings is 1. The van der Waals surface area contributed by atoms with Gasteiger partial charge < -0.3 is 19.5 Å². The number of hydrogen-bond acceptors (Lipinski definition) is 4. The Bertz CT molecular complexity index is 601. The van der Waals surface area contributed by atoms with Crippen molar-refractivity contribution in [3.63, 3.8) is 0 Å². The molecule has 1 aromatic carbocycles. The Kier molecular flexibility index (Phi) is 5.17. The van der Waals surface area contributed by atoms with Gasteiger partial charge in [-0.1, -0.05) is 18.9 Å². The third kappa shape index (κ3) is 3.45. The summed E-state index contributed by atoms with van der Waals surface area (Å²) in [7, 11) is 4.79. The quantitative estimate of drug-likeness (QED) is 0.833. The number of carbonyl (C=O) groups is 1. The highest BCUT2D eigenvalue weighted by molar-refractivity contribution is 5.77. The lowest BCUT2D eigenvalue weighted by Crippen LogP contribution is -2.38. The molecule has 3 rings (SSSR count). The highest BCUT2D eigenvalue weighted by Gasteiger charge is 2.45. The van der Waals surface area contributed by atoms with Crippen LogP contribution < -0.4 is 19.5 Å². The highest BCUT2D eigenvalue weighted by atomic mass is 16.5. The Balaban J connectivity index is 1.60. The fourth-order valence-corrected chi connectivity index (χ4v) is 3.98. The van der Waals surface area contributed by atoms with E-state index in [1.54, 1.807) is 21.3 Å². The van der Waals surface area contributed by atoms with Gasteiger partial charge in [-0.2, -0.15) is 0 Å². The van der Waals surface area contributed by atoms with Gasteiger partial charge >= 0.3 is 0 Å². The van der Waals surface area contributed by atoms with Gasteiger partial charge in [0.1, 0.15) is 0 Å². The molecule has 2 aliphatic carbocycles. The van der Waals surface area contributed by atoms with E-state index in [2.05, 4.69) is 5.32 Å². The standard InChI is InChI=1S/C19H27NO4/c1-22-16-9-7-12(18(23-2)19(16)24-3)8-10-17(21)20-15-6-4-5-13-11-14(13)15/h7,9,13-15H,4-6,8,10-11H2,1-3H3,(H,20,21)/t13-,14+,15-/m0/s1. The third-order valence-corrected chi connectivity index (χ3v) is 5.34. The molecule has 0 spiro atoms. The average molecular weight is 333 g/mol. The minimum atomic E-state index is 0.129. The lowest BCUT2D eigenvalue weighted by Gasteiger charge is -2.22. The largest absolute Gasteiger partial charge is 0.493 e. The molecule has 0 bridgehead atoms. The number of rotatable bonds is 7. The second-order valence-corrected chi connectivity index (χ2v) is 6.76. The van der Waals surface area contributed by atoms with E-state index < -0.39 is 0 Å². The first-order chi connectivity index (χ1) is 11.7. The van der Waals surface area contributed by atoms with Gasteiger partial charge in [0, 0.05) is 12.5 Å². The summed E-state index contributed by atoms with van der Waals surface area (Å²) in [6, 6.07) is 4.18. The van der Waals surface area contributed by atoms with Crippen molar-refractivity contribution in [1.82, 2.24) is 5.32 Å². The summed E-state index contributed by atoms with van der Waals surface area (Å²) < 4.78 is 16.2. The summed E-state index contributed by atoms with van der Waals surface area (Å²) in [5.41, 5.74) is 0.957. The normalized spacial score (nSPS) is 24.7. The van der Waals surface area contributed by atoms with Crippen LogP contribution in [0.25, 0.3) is 0 Å². The molecular weight excluding hydrogens is 306 g/mol. The number of aryl methyl sites for hydroxylation is 1. The first-order valence-electron chi connectivity index (χ1n) is 8.75. The van der Waals surface area contributed by atoms with Crippen LogP contribution in [-0.4, -0.2) is 33.3 Å². The molecule has 0 heterocycles. The molecule has 2 fully saturated rings. The fourth-order valence-electron chi connectivity index (χ4n) is 3.98. The first-order valence-corrected chi connectivity index (χ1v) is 8.75. The Morgan fingerprint density at radius 2 is 1.92 bits per heavy atom. The van der Waals surface area contributed by atoms with Gasteiger partial charge in [-0.25, -0.2) is 0 Å². The van der Waals surface area contributed by atoms with Crippen LogP contribution in [0.15, 0.2) is 12.1 Å². The number of amides is 1. The predicted molar refractivity (Wildman–Crippen MR) is 91.8 cm³/mol. The minimum absolute atomic E-state index is 0.129. The van der Waals surface area contributed by atoms with Crippen LogP contribution in [-0.2, 0) is 11.2 Å². The van der Waals surface area contributed by atoms with Crippen molar-refractivity contribution in [2.45, 2.75) is 44.6 Å². The monoisotopic (exact) mass is 333 g/mol. The van der Waals surface area contributed by atoms with E-state index >= 15 is 0 Å². The van der Waals surface area contributed by atoms with Crippen LogP contribution in [0.4, 0.5) is 0 Å². The second kappa shape index (κ2) is 7.32. The summed E-state index contributed by atoms with van der Waals surface area (Å²) in [4.78, 5) is 12.3. The Morgan fingerprint density at radius 1 is 1.12 bits per heavy atom. The molecule has 2 saturated carbocycles. The van der Waals surface area contributed by atoms with Crippen LogP contribution in [0.1, 0.15) is 37.7 Å². The predicted octanol–water partition coefficient (Wildman–Crippen LogP) is 2.95. The van der Waals surface area contributed by atoms with Crippen molar-refractivity contribution in [2.75, 3.05) is 21.3 Å². The average Bonchev–Trinajstić information content (AvgIpc) is 3.39. The van der Waals surface area contributed by atoms with Crippen LogP contribution in [0.3, 0.4) is 0 Å². The maximum Gasteiger partial charge on any atom is 0.220 e. The summed E-state index contributed by atoms with van der Waals surface area (Å²) in [5, 5.41) is 3.23. The maximum atomic E-state index is 12.3. The summed E-state index contributed by atoms with van der Waals surface area (Å²) in [5.74, 6) is 3.58. The zero-order valence-corrected chi connectivity index (χ0v) is 14.8. The van der Waals surface area contributed by atoms with Crippen LogP contribution in [0, 0.1) is 11.8 Å². The smallest absolute Gasteiger partial charge is 0.220 e. The number of nitrogens with one attached hydrogen (secondary N) is 1. The second-order valence-electron chi connectivity index (χ2n) is 6.76. The van der Waals surface area contributed by atoms with E-state index in [9.17, 15) is 4.79 Å². The van der Waals surface area contributed by atoms with E-state index in [-0.39, 0.29) is 5.91 Å². The van der Waals surface area contributed by atoms with Gasteiger partial charge in [-0.15, -0.1) is 0 Å². The molecule has 0 aliphatic heterocycles. The minimum Gasteiger partial charge on any atom is -0.493 e. The first kappa shape index (κ1) is 16.9. The highest BCUT2D eigenvalue weighted by Crippen LogP contribution is 2.49. The molecule has 1 amide bonds. The molecule has 0 aromatic heterocycles. The van der Waals surface area contributed by atoms with Gasteiger partial charge in [0.05, 0.1) is 21.3 Å². The van der Waals surface area contributed by atoms with Gasteiger partial charge in [-0.3, -0.25) is 4.79 Å². The van der Waals surface area contributed by atoms with Crippen molar-refractivity contribution in [1.29, 1.82) is 0 Å². The molecule has 0 radical (unpaired) electrons. The van der Waals surface area contributed by atoms with Crippen LogP contribution >= 0.6 is 0 Å². The van der Waals surface area contributed by atoms with Crippen molar-refractivity contribution < 1.29 is 19.0 Å². The van der Waals surface area contributed by atoms with E-state index in [0.29, 0.717) is 36.1 Å². The summed E-state index contributed by atoms with van der Waals surface area (Å²) in [6.07, 6.45) is 6.10. The number of ether oxygens (including phenoxy) is 3. The maximum absolute atomic E-state index is 12.3. The Labute approximate surface area is 143 Å². The van der Waals surface area contributed by atoms with Crippen LogP contribution in [0.5, 0.6) is 17.2 Å². The third-order valence-electron chi connectivity index (χ3n) is 5.34. The van der Waals surface area contributed by atoms with Crippen molar-refractivity contribution >= 4 is 5.91 Å². The van der Waals surface area contributed by atoms with Gasteiger partial charge in [0.15, 0.2) is 11.5 Å². The number of hydrogen-bond donors (Lipinski definition) is 1. The number of fused-ring (bicyclic) bond motifs is 1. The van der Waals surface area contributed by atoms with Crippen LogP contribution in [0.2, 0.25) is 0 Å². The SMILES string of the molecule is COc1ccc(CCC(=O)N[C@H]2CCC[C@H]3C[C@H]32)c(OC)c1OC. The zero-order valence-electron chi connectivity index (χ0n) is 14.8. The molecule has 5 heteroatoms. The van der Waals surface area contributed by atoms with Crippen molar-refractivity contribution in [3.05, 3.63) is 17.7 Å². The molecular formula is C19H27NO4. The number of carbonyl (C=O) groups excluding carboxylic acids is 1. The van der Waals surface area contributed by atoms with E-state index in [0.717, 1.165) is 23.8 Å². The lowest BCUT2D eigenvalue weighted by atomic mass is 9.95. The molecule has 3 atom stereocenters. The molecule has 0 saturated heterocycles. The molecule has 1 N–H and O–H groups in total. The molecule has 132 valence electrons. The lowest BCUT2D eigenvalue weighted by molar-refractivity contribution is -0.122. The van der Waals surface area contributed by atoms with Gasteiger partial charge in [-0.05, 0) is 42.7 Å². The van der Waals surface area contributed by atoms with Gasteiger partial charge in [0.25, 0.3) is 0 Å². The summed E-state index contributed by atoms with van der Waals surface area (Å²) in [6.45, 7) is 0. The van der Waals surface area contributed by atoms with Gasteiger partial charge in [0.2, 0.25) is 11.7 Å². The topological polar surface area (TPSA) is 56.8 Å². The van der Waals surface area contributed by atoms with E-state index in [4.69, 9.17) is 14.2 Å². The Hall–Kier alpha value is -1.91. The molecule has 5 nitrogen and oxygen atoms in total. The number of methoxy groups -OCH3 is 3. The molecule has 24 heavy (non-hydrogen) atoms. The molecule has 2 aliphatic rings. The zero-order chi connectivity index (χ0) is 17.1. The fraction of sp³-hybridized carbons (Fsp3) is 0.632. The van der Waals surface area contributed by atoms with Crippen molar-refractivity contribution in [2.24, 2.45) is 11.8 Å². The van der Waals surface area contributed by atoms with E-state index in [1.165, 1.54) is 19.3 Å². The molecule has 0 unspecified atom stereocenters. The molecule has 1 aromatic rings. The Morgan fingerprint density at radius 3 is 2.62 bits per heavy atom. The summed E-state index contributed by atoms with van der Waals surface area (Å²) >= 11 is 0. The van der Waals surface area contributed by atoms with Crippen molar-refractivity contribution in [3.8, 4) is 17.2 Å². The van der Waals surface area contributed by atoms with E-state index in [1.807, 2.05) is 12.1 Å².